The molecule has 5 heterocycles. The second-order valence-electron chi connectivity index (χ2n) is 7.03. The fraction of sp³-hybridized carbons (Fsp3) is 0.333. The Morgan fingerprint density at radius 2 is 1.93 bits per heavy atom. The van der Waals surface area contributed by atoms with E-state index in [2.05, 4.69) is 37.1 Å². The molecular formula is C18H19FN8. The predicted molar refractivity (Wildman–Crippen MR) is 98.1 cm³/mol. The summed E-state index contributed by atoms with van der Waals surface area (Å²) in [6.45, 7) is 4.42. The fourth-order valence-corrected chi connectivity index (χ4v) is 3.45. The third kappa shape index (κ3) is 2.80. The molecule has 9 heteroatoms. The van der Waals surface area contributed by atoms with Crippen molar-refractivity contribution in [1.29, 1.82) is 0 Å². The standard InChI is InChI=1S/C18H19FN8/c1-12-21-22-17-5-6-18(23-27(12)17)26-10-15(11-26)24(2)8-14-9-25-7-13(19)3-4-16(25)20-14/h3-7,9,15H,8,10-11H2,1-2H3. The van der Waals surface area contributed by atoms with Crippen molar-refractivity contribution in [3.05, 3.63) is 54.0 Å². The van der Waals surface area contributed by atoms with E-state index in [1.54, 1.807) is 15.0 Å². The molecule has 5 rings (SSSR count). The van der Waals surface area contributed by atoms with Crippen LogP contribution in [0.2, 0.25) is 0 Å². The Hall–Kier alpha value is -3.07. The van der Waals surface area contributed by atoms with Crippen LogP contribution in [-0.4, -0.2) is 60.3 Å². The first-order valence-corrected chi connectivity index (χ1v) is 8.84. The first-order valence-electron chi connectivity index (χ1n) is 8.84. The minimum atomic E-state index is -0.262. The highest BCUT2D eigenvalue weighted by molar-refractivity contribution is 5.48. The quantitative estimate of drug-likeness (QED) is 0.546. The molecule has 27 heavy (non-hydrogen) atoms. The summed E-state index contributed by atoms with van der Waals surface area (Å²) in [5.41, 5.74) is 2.45. The molecule has 0 amide bonds. The highest BCUT2D eigenvalue weighted by atomic mass is 19.1. The Morgan fingerprint density at radius 1 is 1.11 bits per heavy atom. The van der Waals surface area contributed by atoms with Crippen molar-refractivity contribution >= 4 is 17.1 Å². The van der Waals surface area contributed by atoms with Crippen molar-refractivity contribution in [2.75, 3.05) is 25.0 Å². The van der Waals surface area contributed by atoms with Crippen LogP contribution in [0.1, 0.15) is 11.5 Å². The molecule has 4 aromatic rings. The maximum absolute atomic E-state index is 13.3. The largest absolute Gasteiger partial charge is 0.352 e. The number of anilines is 1. The van der Waals surface area contributed by atoms with Gasteiger partial charge in [0.15, 0.2) is 11.5 Å². The van der Waals surface area contributed by atoms with E-state index >= 15 is 0 Å². The normalized spacial score (nSPS) is 15.2. The molecule has 0 radical (unpaired) electrons. The predicted octanol–water partition coefficient (Wildman–Crippen LogP) is 1.54. The second kappa shape index (κ2) is 5.98. The van der Waals surface area contributed by atoms with Crippen LogP contribution < -0.4 is 4.90 Å². The average Bonchev–Trinajstić information content (AvgIpc) is 3.16. The van der Waals surface area contributed by atoms with E-state index in [1.807, 2.05) is 25.3 Å². The first-order chi connectivity index (χ1) is 13.1. The Morgan fingerprint density at radius 3 is 2.78 bits per heavy atom. The molecule has 1 saturated heterocycles. The SMILES string of the molecule is Cc1nnc2ccc(N3CC(N(C)Cc4cn5cc(F)ccc5n4)C3)nn12. The van der Waals surface area contributed by atoms with Crippen molar-refractivity contribution in [3.8, 4) is 0 Å². The molecule has 0 spiro atoms. The minimum Gasteiger partial charge on any atom is -0.352 e. The van der Waals surface area contributed by atoms with Crippen molar-refractivity contribution < 1.29 is 4.39 Å². The van der Waals surface area contributed by atoms with Gasteiger partial charge in [0, 0.05) is 38.1 Å². The zero-order valence-electron chi connectivity index (χ0n) is 15.1. The maximum Gasteiger partial charge on any atom is 0.178 e. The third-order valence-electron chi connectivity index (χ3n) is 5.09. The number of likely N-dealkylation sites (N-methyl/N-ethyl adjacent to an activating group) is 1. The summed E-state index contributed by atoms with van der Waals surface area (Å²) < 4.78 is 16.8. The van der Waals surface area contributed by atoms with Crippen LogP contribution in [0.5, 0.6) is 0 Å². The second-order valence-corrected chi connectivity index (χ2v) is 7.03. The number of halogens is 1. The molecule has 4 aromatic heterocycles. The Balaban J connectivity index is 1.25. The van der Waals surface area contributed by atoms with Crippen LogP contribution in [0.3, 0.4) is 0 Å². The van der Waals surface area contributed by atoms with Crippen molar-refractivity contribution in [1.82, 2.24) is 34.1 Å². The smallest absolute Gasteiger partial charge is 0.178 e. The zero-order chi connectivity index (χ0) is 18.5. The monoisotopic (exact) mass is 366 g/mol. The van der Waals surface area contributed by atoms with Crippen LogP contribution in [0.15, 0.2) is 36.7 Å². The third-order valence-corrected chi connectivity index (χ3v) is 5.09. The molecule has 0 unspecified atom stereocenters. The summed E-state index contributed by atoms with van der Waals surface area (Å²) in [7, 11) is 2.09. The van der Waals surface area contributed by atoms with Gasteiger partial charge in [-0.3, -0.25) is 4.90 Å². The van der Waals surface area contributed by atoms with Gasteiger partial charge in [-0.1, -0.05) is 0 Å². The van der Waals surface area contributed by atoms with Gasteiger partial charge >= 0.3 is 0 Å². The van der Waals surface area contributed by atoms with Crippen molar-refractivity contribution in [2.45, 2.75) is 19.5 Å². The van der Waals surface area contributed by atoms with E-state index in [-0.39, 0.29) is 5.82 Å². The van der Waals surface area contributed by atoms with E-state index in [0.29, 0.717) is 6.04 Å². The molecule has 1 aliphatic heterocycles. The van der Waals surface area contributed by atoms with E-state index in [1.165, 1.54) is 12.3 Å². The Bertz CT molecular complexity index is 1130. The van der Waals surface area contributed by atoms with E-state index < -0.39 is 0 Å². The van der Waals surface area contributed by atoms with Gasteiger partial charge in [0.1, 0.15) is 17.3 Å². The zero-order valence-corrected chi connectivity index (χ0v) is 15.1. The molecule has 1 fully saturated rings. The van der Waals surface area contributed by atoms with Gasteiger partial charge in [-0.05, 0) is 38.2 Å². The van der Waals surface area contributed by atoms with E-state index in [9.17, 15) is 4.39 Å². The van der Waals surface area contributed by atoms with Gasteiger partial charge in [-0.2, -0.15) is 4.52 Å². The molecule has 138 valence electrons. The molecule has 0 aliphatic carbocycles. The first kappa shape index (κ1) is 16.1. The van der Waals surface area contributed by atoms with E-state index in [0.717, 1.165) is 48.3 Å². The van der Waals surface area contributed by atoms with Gasteiger partial charge in [0.05, 0.1) is 5.69 Å². The van der Waals surface area contributed by atoms with Gasteiger partial charge in [-0.25, -0.2) is 9.37 Å². The number of fused-ring (bicyclic) bond motifs is 2. The van der Waals surface area contributed by atoms with Crippen molar-refractivity contribution in [3.63, 3.8) is 0 Å². The molecule has 0 saturated carbocycles. The molecule has 0 aromatic carbocycles. The van der Waals surface area contributed by atoms with Crippen molar-refractivity contribution in [2.24, 2.45) is 0 Å². The van der Waals surface area contributed by atoms with Gasteiger partial charge in [0.25, 0.3) is 0 Å². The van der Waals surface area contributed by atoms with Crippen LogP contribution in [0.25, 0.3) is 11.3 Å². The van der Waals surface area contributed by atoms with Crippen LogP contribution in [-0.2, 0) is 6.54 Å². The topological polar surface area (TPSA) is 66.9 Å². The average molecular weight is 366 g/mol. The van der Waals surface area contributed by atoms with Crippen LogP contribution in [0.4, 0.5) is 10.2 Å². The summed E-state index contributed by atoms with van der Waals surface area (Å²) in [4.78, 5) is 9.07. The molecule has 1 aliphatic rings. The number of aryl methyl sites for hydroxylation is 1. The summed E-state index contributed by atoms with van der Waals surface area (Å²) in [5.74, 6) is 1.45. The summed E-state index contributed by atoms with van der Waals surface area (Å²) in [6, 6.07) is 7.47. The summed E-state index contributed by atoms with van der Waals surface area (Å²) in [5, 5.41) is 12.7. The number of hydrogen-bond acceptors (Lipinski definition) is 6. The lowest BCUT2D eigenvalue weighted by Gasteiger charge is -2.44. The molecule has 8 nitrogen and oxygen atoms in total. The van der Waals surface area contributed by atoms with Gasteiger partial charge in [0.2, 0.25) is 0 Å². The minimum absolute atomic E-state index is 0.262. The number of imidazole rings is 1. The lowest BCUT2D eigenvalue weighted by atomic mass is 10.1. The molecular weight excluding hydrogens is 347 g/mol. The summed E-state index contributed by atoms with van der Waals surface area (Å²) >= 11 is 0. The Labute approximate surface area is 154 Å². The number of hydrogen-bond donors (Lipinski definition) is 0. The highest BCUT2D eigenvalue weighted by Gasteiger charge is 2.31. The number of aromatic nitrogens is 6. The summed E-state index contributed by atoms with van der Waals surface area (Å²) in [6.07, 6.45) is 3.33. The number of nitrogens with zero attached hydrogens (tertiary/aromatic N) is 8. The number of rotatable bonds is 4. The Kier molecular flexibility index (Phi) is 3.57. The highest BCUT2D eigenvalue weighted by Crippen LogP contribution is 2.22. The molecule has 0 bridgehead atoms. The van der Waals surface area contributed by atoms with Gasteiger partial charge < -0.3 is 9.30 Å². The lowest BCUT2D eigenvalue weighted by Crippen LogP contribution is -2.58. The number of pyridine rings is 1. The van der Waals surface area contributed by atoms with Crippen LogP contribution in [0, 0.1) is 12.7 Å². The molecule has 0 N–H and O–H groups in total. The van der Waals surface area contributed by atoms with Gasteiger partial charge in [-0.15, -0.1) is 15.3 Å². The molecule has 0 atom stereocenters. The maximum atomic E-state index is 13.3. The van der Waals surface area contributed by atoms with E-state index in [4.69, 9.17) is 0 Å². The van der Waals surface area contributed by atoms with Crippen LogP contribution >= 0.6 is 0 Å². The lowest BCUT2D eigenvalue weighted by molar-refractivity contribution is 0.195. The fourth-order valence-electron chi connectivity index (χ4n) is 3.45.